The fraction of sp³-hybridized carbons (Fsp3) is 0.636. The number of likely N-dealkylation sites (N-methyl/N-ethyl adjacent to an activating group) is 1. The summed E-state index contributed by atoms with van der Waals surface area (Å²) >= 11 is 5.21. The number of rotatable bonds is 6. The van der Waals surface area contributed by atoms with Gasteiger partial charge in [-0.3, -0.25) is 0 Å². The summed E-state index contributed by atoms with van der Waals surface area (Å²) in [6.07, 6.45) is 2.27. The Morgan fingerprint density at radius 2 is 2.33 bits per heavy atom. The molecular weight excluding hydrogens is 272 g/mol. The minimum Gasteiger partial charge on any atom is -0.327 e. The van der Waals surface area contributed by atoms with Crippen molar-refractivity contribution in [3.05, 3.63) is 20.8 Å². The number of nitrogens with zero attached hydrogens (tertiary/aromatic N) is 1. The summed E-state index contributed by atoms with van der Waals surface area (Å²) in [5.74, 6) is 0. The molecule has 0 saturated heterocycles. The highest BCUT2D eigenvalue weighted by Gasteiger charge is 2.07. The molecule has 4 heteroatoms. The lowest BCUT2D eigenvalue weighted by atomic mass is 10.1. The van der Waals surface area contributed by atoms with Crippen LogP contribution in [0.25, 0.3) is 0 Å². The van der Waals surface area contributed by atoms with Crippen LogP contribution in [-0.4, -0.2) is 24.5 Å². The lowest BCUT2D eigenvalue weighted by molar-refractivity contribution is 0.297. The second-order valence-corrected chi connectivity index (χ2v) is 6.30. The van der Waals surface area contributed by atoms with Gasteiger partial charge in [0.15, 0.2) is 0 Å². The third-order valence-electron chi connectivity index (χ3n) is 2.28. The normalized spacial score (nSPS) is 13.4. The first-order valence-corrected chi connectivity index (χ1v) is 6.96. The molecule has 0 aliphatic carbocycles. The number of nitrogens with two attached hydrogens (primary N) is 1. The molecule has 0 saturated carbocycles. The summed E-state index contributed by atoms with van der Waals surface area (Å²) in [5, 5.41) is 2.19. The van der Waals surface area contributed by atoms with Crippen molar-refractivity contribution in [1.82, 2.24) is 4.90 Å². The molecule has 1 rings (SSSR count). The standard InChI is InChI=1S/C11H19BrN2S/c1-3-4-10(13)7-14(2)6-9-5-11(12)15-8-9/h5,8,10H,3-4,6-7,13H2,1-2H3. The van der Waals surface area contributed by atoms with E-state index in [-0.39, 0.29) is 0 Å². The van der Waals surface area contributed by atoms with Gasteiger partial charge in [0.05, 0.1) is 3.79 Å². The van der Waals surface area contributed by atoms with E-state index in [1.165, 1.54) is 15.8 Å². The van der Waals surface area contributed by atoms with Gasteiger partial charge in [0.2, 0.25) is 0 Å². The van der Waals surface area contributed by atoms with Crippen molar-refractivity contribution in [2.24, 2.45) is 5.73 Å². The first-order valence-electron chi connectivity index (χ1n) is 5.28. The van der Waals surface area contributed by atoms with E-state index in [2.05, 4.69) is 46.2 Å². The molecule has 15 heavy (non-hydrogen) atoms. The maximum Gasteiger partial charge on any atom is 0.0701 e. The molecule has 1 heterocycles. The lowest BCUT2D eigenvalue weighted by Gasteiger charge is -2.20. The van der Waals surface area contributed by atoms with Crippen LogP contribution in [0.15, 0.2) is 15.2 Å². The molecule has 0 spiro atoms. The Bertz CT molecular complexity index is 288. The molecule has 0 amide bonds. The van der Waals surface area contributed by atoms with Crippen molar-refractivity contribution in [1.29, 1.82) is 0 Å². The minimum absolute atomic E-state index is 0.307. The van der Waals surface area contributed by atoms with Crippen LogP contribution in [0.3, 0.4) is 0 Å². The fourth-order valence-electron chi connectivity index (χ4n) is 1.67. The zero-order chi connectivity index (χ0) is 11.3. The van der Waals surface area contributed by atoms with Gasteiger partial charge in [0.1, 0.15) is 0 Å². The van der Waals surface area contributed by atoms with Gasteiger partial charge in [0, 0.05) is 19.1 Å². The smallest absolute Gasteiger partial charge is 0.0701 e. The highest BCUT2D eigenvalue weighted by Crippen LogP contribution is 2.21. The molecule has 0 bridgehead atoms. The van der Waals surface area contributed by atoms with E-state index < -0.39 is 0 Å². The third kappa shape index (κ3) is 5.11. The Balaban J connectivity index is 2.32. The van der Waals surface area contributed by atoms with Crippen LogP contribution in [-0.2, 0) is 6.54 Å². The van der Waals surface area contributed by atoms with Crippen LogP contribution < -0.4 is 5.73 Å². The van der Waals surface area contributed by atoms with Gasteiger partial charge in [0.25, 0.3) is 0 Å². The molecule has 86 valence electrons. The summed E-state index contributed by atoms with van der Waals surface area (Å²) in [6, 6.07) is 2.48. The third-order valence-corrected chi connectivity index (χ3v) is 3.83. The molecular formula is C11H19BrN2S. The van der Waals surface area contributed by atoms with E-state index >= 15 is 0 Å². The number of thiophene rings is 1. The molecule has 2 N–H and O–H groups in total. The summed E-state index contributed by atoms with van der Waals surface area (Å²) in [7, 11) is 2.13. The Morgan fingerprint density at radius 3 is 2.87 bits per heavy atom. The van der Waals surface area contributed by atoms with Gasteiger partial charge in [-0.1, -0.05) is 13.3 Å². The number of hydrogen-bond donors (Lipinski definition) is 1. The number of hydrogen-bond acceptors (Lipinski definition) is 3. The highest BCUT2D eigenvalue weighted by molar-refractivity contribution is 9.11. The maximum atomic E-state index is 6.00. The monoisotopic (exact) mass is 290 g/mol. The summed E-state index contributed by atoms with van der Waals surface area (Å²) in [5.41, 5.74) is 7.35. The van der Waals surface area contributed by atoms with Gasteiger partial charge < -0.3 is 10.6 Å². The van der Waals surface area contributed by atoms with Crippen LogP contribution in [0.4, 0.5) is 0 Å². The van der Waals surface area contributed by atoms with Crippen LogP contribution in [0, 0.1) is 0 Å². The predicted octanol–water partition coefficient (Wildman–Crippen LogP) is 3.07. The second-order valence-electron chi connectivity index (χ2n) is 4.00. The van der Waals surface area contributed by atoms with Crippen LogP contribution in [0.1, 0.15) is 25.3 Å². The Kier molecular flexibility index (Phi) is 5.82. The zero-order valence-electron chi connectivity index (χ0n) is 9.37. The van der Waals surface area contributed by atoms with Gasteiger partial charge in [-0.15, -0.1) is 11.3 Å². The van der Waals surface area contributed by atoms with E-state index in [9.17, 15) is 0 Å². The molecule has 1 atom stereocenters. The molecule has 0 fully saturated rings. The van der Waals surface area contributed by atoms with Crippen molar-refractivity contribution in [2.45, 2.75) is 32.4 Å². The van der Waals surface area contributed by atoms with E-state index in [1.807, 2.05) is 0 Å². The van der Waals surface area contributed by atoms with Crippen LogP contribution >= 0.6 is 27.3 Å². The molecule has 1 unspecified atom stereocenters. The fourth-order valence-corrected chi connectivity index (χ4v) is 2.87. The summed E-state index contributed by atoms with van der Waals surface area (Å²) < 4.78 is 1.20. The molecule has 2 nitrogen and oxygen atoms in total. The predicted molar refractivity (Wildman–Crippen MR) is 71.2 cm³/mol. The molecule has 1 aromatic heterocycles. The highest BCUT2D eigenvalue weighted by atomic mass is 79.9. The van der Waals surface area contributed by atoms with Crippen LogP contribution in [0.2, 0.25) is 0 Å². The molecule has 0 aliphatic rings. The molecule has 0 radical (unpaired) electrons. The van der Waals surface area contributed by atoms with Gasteiger partial charge in [-0.05, 0) is 46.4 Å². The van der Waals surface area contributed by atoms with Crippen molar-refractivity contribution in [3.63, 3.8) is 0 Å². The van der Waals surface area contributed by atoms with Gasteiger partial charge in [-0.2, -0.15) is 0 Å². The quantitative estimate of drug-likeness (QED) is 0.872. The SMILES string of the molecule is CCCC(N)CN(C)Cc1csc(Br)c1. The van der Waals surface area contributed by atoms with E-state index in [4.69, 9.17) is 5.73 Å². The molecule has 0 aliphatic heterocycles. The average Bonchev–Trinajstić information content (AvgIpc) is 2.51. The van der Waals surface area contributed by atoms with Gasteiger partial charge >= 0.3 is 0 Å². The summed E-state index contributed by atoms with van der Waals surface area (Å²) in [6.45, 7) is 4.14. The Morgan fingerprint density at radius 1 is 1.60 bits per heavy atom. The Hall–Kier alpha value is 0.100. The van der Waals surface area contributed by atoms with E-state index in [1.54, 1.807) is 11.3 Å². The van der Waals surface area contributed by atoms with Crippen molar-refractivity contribution >= 4 is 27.3 Å². The number of halogens is 1. The van der Waals surface area contributed by atoms with Crippen molar-refractivity contribution < 1.29 is 0 Å². The zero-order valence-corrected chi connectivity index (χ0v) is 11.8. The topological polar surface area (TPSA) is 29.3 Å². The summed E-state index contributed by atoms with van der Waals surface area (Å²) in [4.78, 5) is 2.29. The second kappa shape index (κ2) is 6.63. The minimum atomic E-state index is 0.307. The van der Waals surface area contributed by atoms with Crippen molar-refractivity contribution in [2.75, 3.05) is 13.6 Å². The largest absolute Gasteiger partial charge is 0.327 e. The molecule has 1 aromatic rings. The first kappa shape index (κ1) is 13.2. The Labute approximate surface area is 105 Å². The van der Waals surface area contributed by atoms with E-state index in [0.29, 0.717) is 6.04 Å². The molecule has 0 aromatic carbocycles. The van der Waals surface area contributed by atoms with Crippen molar-refractivity contribution in [3.8, 4) is 0 Å². The lowest BCUT2D eigenvalue weighted by Crippen LogP contribution is -2.34. The van der Waals surface area contributed by atoms with Crippen LogP contribution in [0.5, 0.6) is 0 Å². The van der Waals surface area contributed by atoms with Gasteiger partial charge in [-0.25, -0.2) is 0 Å². The average molecular weight is 291 g/mol. The first-order chi connectivity index (χ1) is 7.11. The van der Waals surface area contributed by atoms with E-state index in [0.717, 1.165) is 19.5 Å². The maximum absolute atomic E-state index is 6.00.